The Morgan fingerprint density at radius 1 is 0.939 bits per heavy atom. The average molecular weight is 457 g/mol. The molecule has 1 N–H and O–H groups in total. The van der Waals surface area contributed by atoms with Gasteiger partial charge in [0.1, 0.15) is 23.3 Å². The van der Waals surface area contributed by atoms with Crippen LogP contribution < -0.4 is 10.2 Å². The lowest BCUT2D eigenvalue weighted by atomic mass is 10.1. The van der Waals surface area contributed by atoms with Gasteiger partial charge >= 0.3 is 0 Å². The molecule has 3 aromatic heterocycles. The molecule has 4 aromatic rings. The van der Waals surface area contributed by atoms with Crippen molar-refractivity contribution >= 4 is 34.7 Å². The highest BCUT2D eigenvalue weighted by Gasteiger charge is 2.23. The lowest BCUT2D eigenvalue weighted by Crippen LogP contribution is -2.49. The van der Waals surface area contributed by atoms with Gasteiger partial charge in [0.25, 0.3) is 5.91 Å². The number of thiophene rings is 1. The van der Waals surface area contributed by atoms with Crippen LogP contribution in [0, 0.1) is 6.92 Å². The minimum Gasteiger partial charge on any atom is -0.353 e. The highest BCUT2D eigenvalue weighted by Crippen LogP contribution is 2.25. The number of aromatic nitrogens is 3. The Hall–Kier alpha value is -3.78. The van der Waals surface area contributed by atoms with Crippen molar-refractivity contribution in [2.75, 3.05) is 36.4 Å². The fourth-order valence-electron chi connectivity index (χ4n) is 3.89. The molecule has 8 heteroatoms. The van der Waals surface area contributed by atoms with Crippen LogP contribution in [0.2, 0.25) is 0 Å². The number of piperazine rings is 1. The zero-order chi connectivity index (χ0) is 22.6. The zero-order valence-corrected chi connectivity index (χ0v) is 19.1. The van der Waals surface area contributed by atoms with E-state index in [4.69, 9.17) is 0 Å². The molecule has 7 nitrogen and oxygen atoms in total. The summed E-state index contributed by atoms with van der Waals surface area (Å²) < 4.78 is 0. The summed E-state index contributed by atoms with van der Waals surface area (Å²) in [5.41, 5.74) is 1.86. The predicted molar refractivity (Wildman–Crippen MR) is 132 cm³/mol. The van der Waals surface area contributed by atoms with Gasteiger partial charge in [-0.3, -0.25) is 4.79 Å². The van der Waals surface area contributed by atoms with E-state index in [2.05, 4.69) is 36.6 Å². The summed E-state index contributed by atoms with van der Waals surface area (Å²) in [6, 6.07) is 19.7. The van der Waals surface area contributed by atoms with Crippen LogP contribution in [0.15, 0.2) is 72.2 Å². The molecule has 33 heavy (non-hydrogen) atoms. The first-order valence-electron chi connectivity index (χ1n) is 10.9. The summed E-state index contributed by atoms with van der Waals surface area (Å²) in [6.45, 7) is 4.62. The van der Waals surface area contributed by atoms with Crippen molar-refractivity contribution in [3.05, 3.63) is 83.6 Å². The van der Waals surface area contributed by atoms with Gasteiger partial charge < -0.3 is 15.1 Å². The Bertz CT molecular complexity index is 1220. The molecular weight excluding hydrogens is 432 g/mol. The first-order valence-corrected chi connectivity index (χ1v) is 11.8. The highest BCUT2D eigenvalue weighted by molar-refractivity contribution is 7.13. The van der Waals surface area contributed by atoms with E-state index in [1.165, 1.54) is 4.88 Å². The van der Waals surface area contributed by atoms with Crippen LogP contribution in [0.4, 0.5) is 17.5 Å². The summed E-state index contributed by atoms with van der Waals surface area (Å²) in [7, 11) is 0. The molecule has 1 aromatic carbocycles. The van der Waals surface area contributed by atoms with Crippen molar-refractivity contribution in [3.8, 4) is 10.4 Å². The first kappa shape index (κ1) is 21.1. The van der Waals surface area contributed by atoms with Gasteiger partial charge in [-0.1, -0.05) is 24.3 Å². The second-order valence-electron chi connectivity index (χ2n) is 7.83. The molecule has 0 atom stereocenters. The van der Waals surface area contributed by atoms with Crippen LogP contribution in [0.1, 0.15) is 16.2 Å². The minimum atomic E-state index is 0.0729. The number of rotatable bonds is 5. The maximum absolute atomic E-state index is 13.0. The van der Waals surface area contributed by atoms with Crippen molar-refractivity contribution in [2.24, 2.45) is 0 Å². The summed E-state index contributed by atoms with van der Waals surface area (Å²) >= 11 is 1.70. The molecule has 1 fully saturated rings. The molecule has 1 aliphatic heterocycles. The molecular formula is C25H24N6OS. The number of benzene rings is 1. The van der Waals surface area contributed by atoms with E-state index in [0.29, 0.717) is 24.7 Å². The minimum absolute atomic E-state index is 0.0729. The van der Waals surface area contributed by atoms with E-state index in [1.807, 2.05) is 66.4 Å². The molecule has 0 saturated carbocycles. The molecule has 4 heterocycles. The third-order valence-electron chi connectivity index (χ3n) is 5.57. The summed E-state index contributed by atoms with van der Waals surface area (Å²) in [5, 5.41) is 5.29. The predicted octanol–water partition coefficient (Wildman–Crippen LogP) is 4.61. The van der Waals surface area contributed by atoms with E-state index in [0.717, 1.165) is 35.9 Å². The van der Waals surface area contributed by atoms with E-state index < -0.39 is 0 Å². The molecule has 1 amide bonds. The second-order valence-corrected chi connectivity index (χ2v) is 8.78. The number of nitrogens with zero attached hydrogens (tertiary/aromatic N) is 5. The van der Waals surface area contributed by atoms with Gasteiger partial charge in [-0.2, -0.15) is 0 Å². The quantitative estimate of drug-likeness (QED) is 0.473. The number of pyridine rings is 1. The molecule has 1 aliphatic rings. The lowest BCUT2D eigenvalue weighted by molar-refractivity contribution is 0.0746. The van der Waals surface area contributed by atoms with Gasteiger partial charge in [0.05, 0.1) is 0 Å². The Kier molecular flexibility index (Phi) is 5.99. The summed E-state index contributed by atoms with van der Waals surface area (Å²) in [6.07, 6.45) is 1.74. The van der Waals surface area contributed by atoms with Crippen LogP contribution in [-0.4, -0.2) is 51.9 Å². The molecule has 0 aliphatic carbocycles. The Balaban J connectivity index is 1.23. The first-order chi connectivity index (χ1) is 16.2. The number of carbonyl (C=O) groups excluding carboxylic acids is 1. The number of amides is 1. The number of nitrogens with one attached hydrogen (secondary N) is 1. The molecule has 166 valence electrons. The number of carbonyl (C=O) groups is 1. The average Bonchev–Trinajstić information content (AvgIpc) is 3.39. The molecule has 5 rings (SSSR count). The third kappa shape index (κ3) is 4.85. The Morgan fingerprint density at radius 3 is 2.45 bits per heavy atom. The standard InChI is InChI=1S/C25H24N6OS/c1-18-27-23(29-22-6-2-3-11-26-22)17-24(28-18)30-12-14-31(15-13-30)25(32)20-9-7-19(8-10-20)21-5-4-16-33-21/h2-11,16-17H,12-15H2,1H3,(H,26,27,28,29). The normalized spacial score (nSPS) is 13.7. The van der Waals surface area contributed by atoms with Crippen molar-refractivity contribution in [1.29, 1.82) is 0 Å². The second kappa shape index (κ2) is 9.38. The smallest absolute Gasteiger partial charge is 0.253 e. The summed E-state index contributed by atoms with van der Waals surface area (Å²) in [4.78, 5) is 31.7. The maximum atomic E-state index is 13.0. The van der Waals surface area contributed by atoms with Gasteiger partial charge in [0.2, 0.25) is 0 Å². The fraction of sp³-hybridized carbons (Fsp3) is 0.200. The fourth-order valence-corrected chi connectivity index (χ4v) is 4.62. The van der Waals surface area contributed by atoms with E-state index in [1.54, 1.807) is 17.5 Å². The highest BCUT2D eigenvalue weighted by atomic mass is 32.1. The molecule has 0 bridgehead atoms. The van der Waals surface area contributed by atoms with Gasteiger partial charge in [-0.15, -0.1) is 11.3 Å². The number of hydrogen-bond donors (Lipinski definition) is 1. The zero-order valence-electron chi connectivity index (χ0n) is 18.3. The maximum Gasteiger partial charge on any atom is 0.253 e. The summed E-state index contributed by atoms with van der Waals surface area (Å²) in [5.74, 6) is 3.06. The third-order valence-corrected chi connectivity index (χ3v) is 6.49. The van der Waals surface area contributed by atoms with Gasteiger partial charge in [0.15, 0.2) is 0 Å². The van der Waals surface area contributed by atoms with Gasteiger partial charge in [-0.25, -0.2) is 15.0 Å². The molecule has 0 radical (unpaired) electrons. The van der Waals surface area contributed by atoms with Crippen molar-refractivity contribution in [2.45, 2.75) is 6.92 Å². The van der Waals surface area contributed by atoms with E-state index in [9.17, 15) is 4.79 Å². The lowest BCUT2D eigenvalue weighted by Gasteiger charge is -2.35. The van der Waals surface area contributed by atoms with Crippen LogP contribution >= 0.6 is 11.3 Å². The van der Waals surface area contributed by atoms with Crippen LogP contribution in [-0.2, 0) is 0 Å². The topological polar surface area (TPSA) is 74.2 Å². The number of anilines is 3. The van der Waals surface area contributed by atoms with Crippen molar-refractivity contribution in [3.63, 3.8) is 0 Å². The van der Waals surface area contributed by atoms with Gasteiger partial charge in [-0.05, 0) is 48.2 Å². The number of hydrogen-bond acceptors (Lipinski definition) is 7. The Labute approximate surface area is 196 Å². The SMILES string of the molecule is Cc1nc(Nc2ccccn2)cc(N2CCN(C(=O)c3ccc(-c4cccs4)cc3)CC2)n1. The largest absolute Gasteiger partial charge is 0.353 e. The Morgan fingerprint density at radius 2 is 1.76 bits per heavy atom. The molecule has 1 saturated heterocycles. The van der Waals surface area contributed by atoms with Crippen LogP contribution in [0.25, 0.3) is 10.4 Å². The van der Waals surface area contributed by atoms with Crippen molar-refractivity contribution < 1.29 is 4.79 Å². The van der Waals surface area contributed by atoms with Crippen LogP contribution in [0.5, 0.6) is 0 Å². The van der Waals surface area contributed by atoms with E-state index in [-0.39, 0.29) is 5.91 Å². The van der Waals surface area contributed by atoms with Crippen molar-refractivity contribution in [1.82, 2.24) is 19.9 Å². The number of aryl methyl sites for hydroxylation is 1. The molecule has 0 unspecified atom stereocenters. The van der Waals surface area contributed by atoms with E-state index >= 15 is 0 Å². The monoisotopic (exact) mass is 456 g/mol. The van der Waals surface area contributed by atoms with Gasteiger partial charge in [0, 0.05) is 48.9 Å². The van der Waals surface area contributed by atoms with Crippen LogP contribution in [0.3, 0.4) is 0 Å². The molecule has 0 spiro atoms.